The van der Waals surface area contributed by atoms with Gasteiger partial charge in [0.1, 0.15) is 0 Å². The molecule has 0 amide bonds. The van der Waals surface area contributed by atoms with E-state index in [9.17, 15) is 0 Å². The van der Waals surface area contributed by atoms with Gasteiger partial charge in [0.2, 0.25) is 0 Å². The molecule has 0 bridgehead atoms. The van der Waals surface area contributed by atoms with Gasteiger partial charge in [0, 0.05) is 17.1 Å². The van der Waals surface area contributed by atoms with E-state index in [2.05, 4.69) is 37.0 Å². The third kappa shape index (κ3) is 3.58. The molecule has 0 aliphatic carbocycles. The molecule has 19 heavy (non-hydrogen) atoms. The van der Waals surface area contributed by atoms with E-state index in [0.717, 1.165) is 5.69 Å². The highest BCUT2D eigenvalue weighted by Crippen LogP contribution is 2.38. The standard InChI is InChI=1S/C16H20N2S/c1-11-7-8-12(2)15(10-11)19-16(13(3)17)14-6-4-5-9-18-14/h4-10,13,16H,17H2,1-3H3. The van der Waals surface area contributed by atoms with Crippen LogP contribution >= 0.6 is 11.8 Å². The summed E-state index contributed by atoms with van der Waals surface area (Å²) in [5.74, 6) is 0. The van der Waals surface area contributed by atoms with Crippen LogP contribution in [0.4, 0.5) is 0 Å². The van der Waals surface area contributed by atoms with Crippen LogP contribution in [0.5, 0.6) is 0 Å². The molecule has 2 N–H and O–H groups in total. The molecule has 0 saturated heterocycles. The van der Waals surface area contributed by atoms with Crippen molar-refractivity contribution in [3.63, 3.8) is 0 Å². The zero-order valence-corrected chi connectivity index (χ0v) is 12.4. The number of thioether (sulfide) groups is 1. The van der Waals surface area contributed by atoms with Crippen molar-refractivity contribution >= 4 is 11.8 Å². The smallest absolute Gasteiger partial charge is 0.0665 e. The SMILES string of the molecule is Cc1ccc(C)c(SC(c2ccccn2)C(C)N)c1. The summed E-state index contributed by atoms with van der Waals surface area (Å²) < 4.78 is 0. The van der Waals surface area contributed by atoms with E-state index < -0.39 is 0 Å². The summed E-state index contributed by atoms with van der Waals surface area (Å²) >= 11 is 1.80. The first-order valence-corrected chi connectivity index (χ1v) is 7.36. The largest absolute Gasteiger partial charge is 0.327 e. The maximum atomic E-state index is 6.14. The van der Waals surface area contributed by atoms with Crippen molar-refractivity contribution in [2.75, 3.05) is 0 Å². The topological polar surface area (TPSA) is 38.9 Å². The van der Waals surface area contributed by atoms with Crippen molar-refractivity contribution in [1.29, 1.82) is 0 Å². The molecule has 0 aliphatic heterocycles. The Morgan fingerprint density at radius 1 is 1.16 bits per heavy atom. The Labute approximate surface area is 119 Å². The molecular formula is C16H20N2S. The maximum absolute atomic E-state index is 6.14. The number of benzene rings is 1. The fraction of sp³-hybridized carbons (Fsp3) is 0.312. The van der Waals surface area contributed by atoms with E-state index in [1.54, 1.807) is 11.8 Å². The molecule has 100 valence electrons. The Morgan fingerprint density at radius 2 is 1.95 bits per heavy atom. The van der Waals surface area contributed by atoms with Gasteiger partial charge in [0.25, 0.3) is 0 Å². The fourth-order valence-corrected chi connectivity index (χ4v) is 3.21. The van der Waals surface area contributed by atoms with Gasteiger partial charge in [-0.25, -0.2) is 0 Å². The Balaban J connectivity index is 2.29. The highest BCUT2D eigenvalue weighted by atomic mass is 32.2. The van der Waals surface area contributed by atoms with E-state index in [1.807, 2.05) is 31.3 Å². The molecule has 1 aromatic heterocycles. The summed E-state index contributed by atoms with van der Waals surface area (Å²) in [5.41, 5.74) is 9.75. The average molecular weight is 272 g/mol. The van der Waals surface area contributed by atoms with E-state index in [-0.39, 0.29) is 11.3 Å². The number of hydrogen-bond acceptors (Lipinski definition) is 3. The number of aryl methyl sites for hydroxylation is 2. The van der Waals surface area contributed by atoms with Crippen LogP contribution < -0.4 is 5.73 Å². The first-order chi connectivity index (χ1) is 9.08. The lowest BCUT2D eigenvalue weighted by Gasteiger charge is -2.21. The van der Waals surface area contributed by atoms with Gasteiger partial charge in [0.15, 0.2) is 0 Å². The molecule has 3 heteroatoms. The lowest BCUT2D eigenvalue weighted by Crippen LogP contribution is -2.23. The highest BCUT2D eigenvalue weighted by molar-refractivity contribution is 7.99. The zero-order valence-electron chi connectivity index (χ0n) is 11.6. The lowest BCUT2D eigenvalue weighted by molar-refractivity contribution is 0.705. The summed E-state index contributed by atoms with van der Waals surface area (Å²) in [6, 6.07) is 12.6. The molecule has 0 fully saturated rings. The van der Waals surface area contributed by atoms with Crippen LogP contribution in [0, 0.1) is 13.8 Å². The molecule has 1 heterocycles. The molecule has 2 nitrogen and oxygen atoms in total. The summed E-state index contributed by atoms with van der Waals surface area (Å²) in [7, 11) is 0. The first kappa shape index (κ1) is 14.1. The van der Waals surface area contributed by atoms with Crippen LogP contribution in [0.3, 0.4) is 0 Å². The third-order valence-corrected chi connectivity index (χ3v) is 4.67. The van der Waals surface area contributed by atoms with Crippen molar-refractivity contribution in [2.24, 2.45) is 5.73 Å². The molecule has 0 saturated carbocycles. The summed E-state index contributed by atoms with van der Waals surface area (Å²) in [4.78, 5) is 5.73. The van der Waals surface area contributed by atoms with Crippen molar-refractivity contribution in [3.8, 4) is 0 Å². The minimum absolute atomic E-state index is 0.0554. The van der Waals surface area contributed by atoms with Gasteiger partial charge in [0.05, 0.1) is 10.9 Å². The minimum atomic E-state index is 0.0554. The number of aromatic nitrogens is 1. The Morgan fingerprint density at radius 3 is 2.58 bits per heavy atom. The van der Waals surface area contributed by atoms with Crippen LogP contribution in [-0.4, -0.2) is 11.0 Å². The molecule has 0 aliphatic rings. The van der Waals surface area contributed by atoms with Gasteiger partial charge in [-0.15, -0.1) is 11.8 Å². The Hall–Kier alpha value is -1.32. The van der Waals surface area contributed by atoms with Crippen molar-refractivity contribution in [3.05, 3.63) is 59.4 Å². The molecule has 0 spiro atoms. The van der Waals surface area contributed by atoms with Crippen LogP contribution in [0.2, 0.25) is 0 Å². The van der Waals surface area contributed by atoms with Gasteiger partial charge in [-0.2, -0.15) is 0 Å². The molecule has 2 rings (SSSR count). The molecule has 0 radical (unpaired) electrons. The number of hydrogen-bond donors (Lipinski definition) is 1. The third-order valence-electron chi connectivity index (χ3n) is 3.05. The van der Waals surface area contributed by atoms with Crippen LogP contribution in [0.1, 0.15) is 29.0 Å². The highest BCUT2D eigenvalue weighted by Gasteiger charge is 2.19. The number of rotatable bonds is 4. The van der Waals surface area contributed by atoms with E-state index in [0.29, 0.717) is 0 Å². The molecule has 1 aromatic carbocycles. The Bertz CT molecular complexity index is 538. The van der Waals surface area contributed by atoms with Crippen LogP contribution in [-0.2, 0) is 0 Å². The fourth-order valence-electron chi connectivity index (χ4n) is 1.95. The lowest BCUT2D eigenvalue weighted by atomic mass is 10.1. The number of nitrogens with zero attached hydrogens (tertiary/aromatic N) is 1. The van der Waals surface area contributed by atoms with Crippen molar-refractivity contribution in [2.45, 2.75) is 37.0 Å². The zero-order chi connectivity index (χ0) is 13.8. The first-order valence-electron chi connectivity index (χ1n) is 6.48. The Kier molecular flexibility index (Phi) is 4.61. The summed E-state index contributed by atoms with van der Waals surface area (Å²) in [5, 5.41) is 0.182. The predicted molar refractivity (Wildman–Crippen MR) is 82.4 cm³/mol. The van der Waals surface area contributed by atoms with Gasteiger partial charge in [-0.3, -0.25) is 4.98 Å². The van der Waals surface area contributed by atoms with Crippen LogP contribution in [0.15, 0.2) is 47.5 Å². The second kappa shape index (κ2) is 6.22. The van der Waals surface area contributed by atoms with Crippen LogP contribution in [0.25, 0.3) is 0 Å². The van der Waals surface area contributed by atoms with Gasteiger partial charge >= 0.3 is 0 Å². The molecule has 2 aromatic rings. The quantitative estimate of drug-likeness (QED) is 0.858. The predicted octanol–water partition coefficient (Wildman–Crippen LogP) is 3.88. The average Bonchev–Trinajstić information content (AvgIpc) is 2.40. The van der Waals surface area contributed by atoms with Crippen molar-refractivity contribution in [1.82, 2.24) is 4.98 Å². The monoisotopic (exact) mass is 272 g/mol. The van der Waals surface area contributed by atoms with E-state index in [4.69, 9.17) is 5.73 Å². The van der Waals surface area contributed by atoms with Gasteiger partial charge < -0.3 is 5.73 Å². The number of pyridine rings is 1. The van der Waals surface area contributed by atoms with E-state index >= 15 is 0 Å². The molecule has 2 atom stereocenters. The normalized spacial score (nSPS) is 14.1. The minimum Gasteiger partial charge on any atom is -0.327 e. The summed E-state index contributed by atoms with van der Waals surface area (Å²) in [6.45, 7) is 6.29. The van der Waals surface area contributed by atoms with Gasteiger partial charge in [-0.05, 0) is 44.5 Å². The second-order valence-electron chi connectivity index (χ2n) is 4.92. The summed E-state index contributed by atoms with van der Waals surface area (Å²) in [6.07, 6.45) is 1.83. The number of nitrogens with two attached hydrogens (primary N) is 1. The molecule has 2 unspecified atom stereocenters. The van der Waals surface area contributed by atoms with Gasteiger partial charge in [-0.1, -0.05) is 23.8 Å². The van der Waals surface area contributed by atoms with Crippen molar-refractivity contribution < 1.29 is 0 Å². The van der Waals surface area contributed by atoms with E-state index in [1.165, 1.54) is 16.0 Å². The molecular weight excluding hydrogens is 252 g/mol. The second-order valence-corrected chi connectivity index (χ2v) is 6.10. The maximum Gasteiger partial charge on any atom is 0.0665 e.